The van der Waals surface area contributed by atoms with Crippen LogP contribution in [0, 0.1) is 12.7 Å². The molecule has 4 nitrogen and oxygen atoms in total. The fourth-order valence-corrected chi connectivity index (χ4v) is 4.51. The van der Waals surface area contributed by atoms with Crippen LogP contribution in [0.1, 0.15) is 22.3 Å². The van der Waals surface area contributed by atoms with Gasteiger partial charge in [-0.3, -0.25) is 4.79 Å². The van der Waals surface area contributed by atoms with Crippen LogP contribution in [0.3, 0.4) is 0 Å². The third-order valence-electron chi connectivity index (χ3n) is 5.79. The summed E-state index contributed by atoms with van der Waals surface area (Å²) in [6.07, 6.45) is 1.74. The van der Waals surface area contributed by atoms with Crippen molar-refractivity contribution in [2.45, 2.75) is 13.5 Å². The molecular weight excluding hydrogens is 427 g/mol. The maximum Gasteiger partial charge on any atom is 0.256 e. The van der Waals surface area contributed by atoms with Crippen LogP contribution in [0.4, 0.5) is 10.1 Å². The van der Waals surface area contributed by atoms with Crippen LogP contribution in [0.15, 0.2) is 60.7 Å². The van der Waals surface area contributed by atoms with Gasteiger partial charge in [-0.1, -0.05) is 41.9 Å². The number of halogens is 2. The van der Waals surface area contributed by atoms with Crippen molar-refractivity contribution in [2.24, 2.45) is 0 Å². The molecule has 0 unspecified atom stereocenters. The minimum Gasteiger partial charge on any atom is -0.496 e. The van der Waals surface area contributed by atoms with E-state index >= 15 is 0 Å². The molecule has 1 aliphatic heterocycles. The lowest BCUT2D eigenvalue weighted by Gasteiger charge is -2.09. The molecule has 2 heterocycles. The highest BCUT2D eigenvalue weighted by molar-refractivity contribution is 6.38. The van der Waals surface area contributed by atoms with Gasteiger partial charge < -0.3 is 14.6 Å². The van der Waals surface area contributed by atoms with Crippen LogP contribution in [-0.2, 0) is 11.3 Å². The third kappa shape index (κ3) is 3.35. The van der Waals surface area contributed by atoms with Gasteiger partial charge in [0.1, 0.15) is 16.7 Å². The molecule has 0 spiro atoms. The van der Waals surface area contributed by atoms with E-state index in [2.05, 4.69) is 5.32 Å². The summed E-state index contributed by atoms with van der Waals surface area (Å²) < 4.78 is 21.5. The summed E-state index contributed by atoms with van der Waals surface area (Å²) in [4.78, 5) is 12.7. The number of amides is 1. The minimum atomic E-state index is -0.402. The maximum absolute atomic E-state index is 13.9. The highest BCUT2D eigenvalue weighted by Gasteiger charge is 2.26. The van der Waals surface area contributed by atoms with Crippen LogP contribution < -0.4 is 10.1 Å². The zero-order chi connectivity index (χ0) is 22.4. The Morgan fingerprint density at radius 1 is 1.12 bits per heavy atom. The first-order valence-corrected chi connectivity index (χ1v) is 10.6. The van der Waals surface area contributed by atoms with Gasteiger partial charge in [0.05, 0.1) is 12.6 Å². The van der Waals surface area contributed by atoms with E-state index in [0.717, 1.165) is 27.8 Å². The van der Waals surface area contributed by atoms with E-state index in [1.54, 1.807) is 19.3 Å². The van der Waals surface area contributed by atoms with Gasteiger partial charge in [0, 0.05) is 34.3 Å². The second-order valence-electron chi connectivity index (χ2n) is 7.82. The number of ether oxygens (including phenoxy) is 1. The third-order valence-corrected chi connectivity index (χ3v) is 6.20. The lowest BCUT2D eigenvalue weighted by Crippen LogP contribution is -2.03. The van der Waals surface area contributed by atoms with Crippen LogP contribution in [0.5, 0.6) is 5.75 Å². The van der Waals surface area contributed by atoms with Crippen LogP contribution in [0.2, 0.25) is 5.15 Å². The van der Waals surface area contributed by atoms with Crippen molar-refractivity contribution in [1.29, 1.82) is 0 Å². The minimum absolute atomic E-state index is 0.287. The summed E-state index contributed by atoms with van der Waals surface area (Å²) in [5.41, 5.74) is 5.19. The lowest BCUT2D eigenvalue weighted by atomic mass is 10.0. The monoisotopic (exact) mass is 446 g/mol. The predicted octanol–water partition coefficient (Wildman–Crippen LogP) is 6.29. The Bertz CT molecular complexity index is 1410. The van der Waals surface area contributed by atoms with Gasteiger partial charge in [-0.2, -0.15) is 0 Å². The van der Waals surface area contributed by atoms with Gasteiger partial charge in [0.15, 0.2) is 0 Å². The summed E-state index contributed by atoms with van der Waals surface area (Å²) in [5.74, 6) is 0.0405. The van der Waals surface area contributed by atoms with Crippen molar-refractivity contribution >= 4 is 45.7 Å². The molecule has 0 atom stereocenters. The molecule has 6 heteroatoms. The Hall–Kier alpha value is -3.57. The van der Waals surface area contributed by atoms with Crippen LogP contribution >= 0.6 is 11.6 Å². The van der Waals surface area contributed by atoms with Crippen molar-refractivity contribution in [1.82, 2.24) is 4.57 Å². The van der Waals surface area contributed by atoms with Crippen molar-refractivity contribution in [3.8, 4) is 5.75 Å². The number of benzene rings is 3. The summed E-state index contributed by atoms with van der Waals surface area (Å²) in [5, 5.41) is 4.15. The van der Waals surface area contributed by atoms with Gasteiger partial charge in [0.25, 0.3) is 5.91 Å². The molecule has 1 N–H and O–H groups in total. The lowest BCUT2D eigenvalue weighted by molar-refractivity contribution is -0.110. The number of aromatic nitrogens is 1. The number of carbonyl (C=O) groups excluding carboxylic acids is 1. The smallest absolute Gasteiger partial charge is 0.256 e. The number of rotatable bonds is 4. The molecule has 4 aromatic rings. The number of hydrogen-bond donors (Lipinski definition) is 1. The first-order valence-electron chi connectivity index (χ1n) is 10.2. The summed E-state index contributed by atoms with van der Waals surface area (Å²) in [7, 11) is 1.62. The summed E-state index contributed by atoms with van der Waals surface area (Å²) >= 11 is 6.91. The molecule has 5 rings (SSSR count). The van der Waals surface area contributed by atoms with Crippen molar-refractivity contribution in [3.05, 3.63) is 93.9 Å². The Morgan fingerprint density at radius 3 is 2.66 bits per heavy atom. The Kier molecular flexibility index (Phi) is 4.98. The largest absolute Gasteiger partial charge is 0.496 e. The van der Waals surface area contributed by atoms with E-state index in [9.17, 15) is 9.18 Å². The maximum atomic E-state index is 13.9. The average Bonchev–Trinajstić information content (AvgIpc) is 3.22. The standard InChI is InChI=1S/C26H20ClFN2O2/c1-15-10-23-19(13-24(15)32-2)20(25(27)30(23)14-16-6-4-3-5-7-16)12-21-18-11-17(28)8-9-22(18)29-26(21)31/h3-13H,14H2,1-2H3,(H,29,31)/b21-12+. The highest BCUT2D eigenvalue weighted by atomic mass is 35.5. The fraction of sp³-hybridized carbons (Fsp3) is 0.115. The Labute approximate surface area is 189 Å². The van der Waals surface area contributed by atoms with Gasteiger partial charge >= 0.3 is 0 Å². The van der Waals surface area contributed by atoms with E-state index < -0.39 is 5.82 Å². The van der Waals surface area contributed by atoms with E-state index in [4.69, 9.17) is 16.3 Å². The molecule has 32 heavy (non-hydrogen) atoms. The topological polar surface area (TPSA) is 43.3 Å². The molecule has 0 saturated heterocycles. The first kappa shape index (κ1) is 20.3. The number of carbonyl (C=O) groups is 1. The number of fused-ring (bicyclic) bond motifs is 2. The number of methoxy groups -OCH3 is 1. The van der Waals surface area contributed by atoms with E-state index in [1.807, 2.05) is 54.0 Å². The molecular formula is C26H20ClFN2O2. The fourth-order valence-electron chi connectivity index (χ4n) is 4.20. The van der Waals surface area contributed by atoms with Crippen molar-refractivity contribution < 1.29 is 13.9 Å². The molecule has 0 radical (unpaired) electrons. The zero-order valence-corrected chi connectivity index (χ0v) is 18.3. The average molecular weight is 447 g/mol. The van der Waals surface area contributed by atoms with E-state index in [0.29, 0.717) is 34.1 Å². The van der Waals surface area contributed by atoms with E-state index in [-0.39, 0.29) is 5.91 Å². The molecule has 0 fully saturated rings. The molecule has 1 aliphatic rings. The zero-order valence-electron chi connectivity index (χ0n) is 17.6. The number of hydrogen-bond acceptors (Lipinski definition) is 2. The number of nitrogens with one attached hydrogen (secondary N) is 1. The summed E-state index contributed by atoms with van der Waals surface area (Å²) in [6.45, 7) is 2.55. The second-order valence-corrected chi connectivity index (χ2v) is 8.18. The molecule has 3 aromatic carbocycles. The molecule has 1 amide bonds. The Balaban J connectivity index is 1.75. The van der Waals surface area contributed by atoms with Crippen LogP contribution in [0.25, 0.3) is 22.6 Å². The first-order chi connectivity index (χ1) is 15.5. The predicted molar refractivity (Wildman–Crippen MR) is 127 cm³/mol. The molecule has 160 valence electrons. The van der Waals surface area contributed by atoms with Gasteiger partial charge in [0.2, 0.25) is 0 Å². The molecule has 1 aromatic heterocycles. The highest BCUT2D eigenvalue weighted by Crippen LogP contribution is 2.40. The van der Waals surface area contributed by atoms with Crippen LogP contribution in [-0.4, -0.2) is 17.6 Å². The van der Waals surface area contributed by atoms with Crippen molar-refractivity contribution in [3.63, 3.8) is 0 Å². The van der Waals surface area contributed by atoms with Crippen molar-refractivity contribution in [2.75, 3.05) is 12.4 Å². The Morgan fingerprint density at radius 2 is 1.91 bits per heavy atom. The quantitative estimate of drug-likeness (QED) is 0.374. The van der Waals surface area contributed by atoms with Gasteiger partial charge in [-0.15, -0.1) is 0 Å². The molecule has 0 aliphatic carbocycles. The normalized spacial score (nSPS) is 14.1. The number of nitrogens with zero attached hydrogens (tertiary/aromatic N) is 1. The second kappa shape index (κ2) is 7.84. The molecule has 0 bridgehead atoms. The molecule has 0 saturated carbocycles. The van der Waals surface area contributed by atoms with Gasteiger partial charge in [-0.05, 0) is 54.5 Å². The van der Waals surface area contributed by atoms with Gasteiger partial charge in [-0.25, -0.2) is 4.39 Å². The van der Waals surface area contributed by atoms with E-state index in [1.165, 1.54) is 12.1 Å². The summed E-state index contributed by atoms with van der Waals surface area (Å²) in [6, 6.07) is 18.3. The number of anilines is 1. The number of aryl methyl sites for hydroxylation is 1. The SMILES string of the molecule is COc1cc2c(/C=C3/C(=O)Nc4ccc(F)cc43)c(Cl)n(Cc3ccccc3)c2cc1C.